The lowest BCUT2D eigenvalue weighted by Crippen LogP contribution is -2.48. The highest BCUT2D eigenvalue weighted by atomic mass is 16.5. The summed E-state index contributed by atoms with van der Waals surface area (Å²) in [6.07, 6.45) is 4.36. The van der Waals surface area contributed by atoms with E-state index in [1.807, 2.05) is 6.92 Å². The molecule has 0 heterocycles. The van der Waals surface area contributed by atoms with Crippen LogP contribution in [0.25, 0.3) is 0 Å². The number of amides is 1. The summed E-state index contributed by atoms with van der Waals surface area (Å²) in [6.45, 7) is 6.76. The van der Waals surface area contributed by atoms with E-state index in [2.05, 4.69) is 12.2 Å². The molecule has 1 amide bonds. The molecule has 150 valence electrons. The summed E-state index contributed by atoms with van der Waals surface area (Å²) < 4.78 is 16.4. The molecule has 1 fully saturated rings. The van der Waals surface area contributed by atoms with Crippen molar-refractivity contribution >= 4 is 17.6 Å². The Morgan fingerprint density at radius 1 is 1.30 bits per heavy atom. The van der Waals surface area contributed by atoms with Gasteiger partial charge in [0.25, 0.3) is 5.91 Å². The van der Waals surface area contributed by atoms with Gasteiger partial charge in [0.1, 0.15) is 16.9 Å². The van der Waals surface area contributed by atoms with Crippen LogP contribution >= 0.6 is 0 Å². The predicted molar refractivity (Wildman–Crippen MR) is 104 cm³/mol. The number of carbonyl (C=O) groups excluding carboxylic acids is 2. The molecule has 1 N–H and O–H groups in total. The van der Waals surface area contributed by atoms with Crippen molar-refractivity contribution in [3.8, 4) is 5.75 Å². The van der Waals surface area contributed by atoms with Gasteiger partial charge in [-0.2, -0.15) is 0 Å². The van der Waals surface area contributed by atoms with Crippen molar-refractivity contribution in [3.05, 3.63) is 23.8 Å². The molecule has 1 aromatic rings. The van der Waals surface area contributed by atoms with Crippen LogP contribution in [0.5, 0.6) is 5.75 Å². The second kappa shape index (κ2) is 9.74. The normalized spacial score (nSPS) is 22.1. The van der Waals surface area contributed by atoms with Crippen molar-refractivity contribution in [2.24, 2.45) is 5.92 Å². The maximum absolute atomic E-state index is 13.1. The first-order valence-corrected chi connectivity index (χ1v) is 9.76. The summed E-state index contributed by atoms with van der Waals surface area (Å²) in [5, 5.41) is 2.94. The lowest BCUT2D eigenvalue weighted by molar-refractivity contribution is -0.148. The smallest absolute Gasteiger partial charge is 0.341 e. The SMILES string of the molecule is CCCO[C@]1(C(=O)Nc2ccc(OC)c(C(=O)OCC)c2)CCC[C@@H](C)C1. The number of anilines is 1. The highest BCUT2D eigenvalue weighted by molar-refractivity contribution is 5.99. The minimum Gasteiger partial charge on any atom is -0.496 e. The van der Waals surface area contributed by atoms with Gasteiger partial charge in [-0.25, -0.2) is 4.79 Å². The Hall–Kier alpha value is -2.08. The van der Waals surface area contributed by atoms with Gasteiger partial charge in [-0.15, -0.1) is 0 Å². The predicted octanol–water partition coefficient (Wildman–Crippen LogP) is 4.19. The van der Waals surface area contributed by atoms with E-state index in [1.54, 1.807) is 25.1 Å². The number of nitrogens with one attached hydrogen (secondary N) is 1. The molecule has 0 bridgehead atoms. The topological polar surface area (TPSA) is 73.9 Å². The van der Waals surface area contributed by atoms with Crippen LogP contribution in [-0.4, -0.2) is 37.8 Å². The van der Waals surface area contributed by atoms with Crippen LogP contribution in [0.4, 0.5) is 5.69 Å². The number of rotatable bonds is 8. The molecular weight excluding hydrogens is 346 g/mol. The number of ether oxygens (including phenoxy) is 3. The third kappa shape index (κ3) is 5.22. The van der Waals surface area contributed by atoms with Gasteiger partial charge >= 0.3 is 5.97 Å². The Labute approximate surface area is 161 Å². The summed E-state index contributed by atoms with van der Waals surface area (Å²) in [6, 6.07) is 4.97. The van der Waals surface area contributed by atoms with Gasteiger partial charge in [0.05, 0.1) is 13.7 Å². The number of hydrogen-bond acceptors (Lipinski definition) is 5. The lowest BCUT2D eigenvalue weighted by Gasteiger charge is -2.38. The molecule has 27 heavy (non-hydrogen) atoms. The zero-order valence-electron chi connectivity index (χ0n) is 16.8. The van der Waals surface area contributed by atoms with Crippen molar-refractivity contribution in [1.82, 2.24) is 0 Å². The third-order valence-corrected chi connectivity index (χ3v) is 4.90. The molecule has 1 aliphatic rings. The maximum atomic E-state index is 13.1. The van der Waals surface area contributed by atoms with Crippen LogP contribution in [-0.2, 0) is 14.3 Å². The summed E-state index contributed by atoms with van der Waals surface area (Å²) in [5.41, 5.74) is 0.0109. The average Bonchev–Trinajstić information content (AvgIpc) is 2.66. The van der Waals surface area contributed by atoms with Gasteiger partial charge in [0, 0.05) is 12.3 Å². The Kier molecular flexibility index (Phi) is 7.66. The molecule has 2 atom stereocenters. The molecule has 0 radical (unpaired) electrons. The minimum absolute atomic E-state index is 0.150. The first-order chi connectivity index (χ1) is 13.0. The van der Waals surface area contributed by atoms with Gasteiger partial charge < -0.3 is 19.5 Å². The van der Waals surface area contributed by atoms with E-state index in [-0.39, 0.29) is 18.1 Å². The monoisotopic (exact) mass is 377 g/mol. The lowest BCUT2D eigenvalue weighted by atomic mass is 9.78. The average molecular weight is 377 g/mol. The zero-order valence-corrected chi connectivity index (χ0v) is 16.8. The number of esters is 1. The minimum atomic E-state index is -0.808. The molecule has 6 nitrogen and oxygen atoms in total. The fourth-order valence-corrected chi connectivity index (χ4v) is 3.60. The summed E-state index contributed by atoms with van der Waals surface area (Å²) in [7, 11) is 1.49. The van der Waals surface area contributed by atoms with Crippen molar-refractivity contribution in [2.75, 3.05) is 25.6 Å². The van der Waals surface area contributed by atoms with Gasteiger partial charge in [-0.3, -0.25) is 4.79 Å². The third-order valence-electron chi connectivity index (χ3n) is 4.90. The van der Waals surface area contributed by atoms with Gasteiger partial charge in [-0.05, 0) is 56.7 Å². The van der Waals surface area contributed by atoms with E-state index in [0.29, 0.717) is 36.8 Å². The zero-order chi connectivity index (χ0) is 19.9. The largest absolute Gasteiger partial charge is 0.496 e. The van der Waals surface area contributed by atoms with Crippen LogP contribution in [0.1, 0.15) is 63.2 Å². The molecule has 1 saturated carbocycles. The van der Waals surface area contributed by atoms with Gasteiger partial charge in [0.2, 0.25) is 0 Å². The van der Waals surface area contributed by atoms with Crippen molar-refractivity contribution < 1.29 is 23.8 Å². The molecular formula is C21H31NO5. The molecule has 1 aliphatic carbocycles. The van der Waals surface area contributed by atoms with E-state index in [1.165, 1.54) is 7.11 Å². The Morgan fingerprint density at radius 3 is 2.70 bits per heavy atom. The molecule has 0 spiro atoms. The summed E-state index contributed by atoms with van der Waals surface area (Å²) in [5.74, 6) is 0.221. The van der Waals surface area contributed by atoms with Crippen LogP contribution in [0.2, 0.25) is 0 Å². The van der Waals surface area contributed by atoms with Crippen LogP contribution in [0.15, 0.2) is 18.2 Å². The summed E-state index contributed by atoms with van der Waals surface area (Å²) >= 11 is 0. The fraction of sp³-hybridized carbons (Fsp3) is 0.619. The molecule has 0 saturated heterocycles. The molecule has 0 aromatic heterocycles. The first-order valence-electron chi connectivity index (χ1n) is 9.76. The van der Waals surface area contributed by atoms with E-state index in [4.69, 9.17) is 14.2 Å². The fourth-order valence-electron chi connectivity index (χ4n) is 3.60. The van der Waals surface area contributed by atoms with Crippen LogP contribution in [0, 0.1) is 5.92 Å². The van der Waals surface area contributed by atoms with Crippen LogP contribution < -0.4 is 10.1 Å². The van der Waals surface area contributed by atoms with Crippen molar-refractivity contribution in [1.29, 1.82) is 0 Å². The molecule has 6 heteroatoms. The summed E-state index contributed by atoms with van der Waals surface area (Å²) in [4.78, 5) is 25.3. The van der Waals surface area contributed by atoms with E-state index in [0.717, 1.165) is 19.3 Å². The van der Waals surface area contributed by atoms with Gasteiger partial charge in [0.15, 0.2) is 0 Å². The molecule has 2 rings (SSSR count). The molecule has 1 aromatic carbocycles. The number of hydrogen-bond donors (Lipinski definition) is 1. The Bertz CT molecular complexity index is 660. The number of benzene rings is 1. The molecule has 0 unspecified atom stereocenters. The van der Waals surface area contributed by atoms with E-state index in [9.17, 15) is 9.59 Å². The second-order valence-corrected chi connectivity index (χ2v) is 7.13. The second-order valence-electron chi connectivity index (χ2n) is 7.13. The number of carbonyl (C=O) groups is 2. The Balaban J connectivity index is 2.24. The van der Waals surface area contributed by atoms with Crippen molar-refractivity contribution in [2.45, 2.75) is 58.5 Å². The van der Waals surface area contributed by atoms with E-state index < -0.39 is 11.6 Å². The Morgan fingerprint density at radius 2 is 2.07 bits per heavy atom. The highest BCUT2D eigenvalue weighted by Gasteiger charge is 2.42. The van der Waals surface area contributed by atoms with E-state index >= 15 is 0 Å². The standard InChI is InChI=1S/C21H31NO5/c1-5-12-27-21(11-7-8-15(3)14-21)20(24)22-16-9-10-18(25-4)17(13-16)19(23)26-6-2/h9-10,13,15H,5-8,11-12,14H2,1-4H3,(H,22,24)/t15-,21-/m1/s1. The number of methoxy groups -OCH3 is 1. The van der Waals surface area contributed by atoms with Gasteiger partial charge in [-0.1, -0.05) is 20.3 Å². The van der Waals surface area contributed by atoms with Crippen molar-refractivity contribution in [3.63, 3.8) is 0 Å². The molecule has 0 aliphatic heterocycles. The van der Waals surface area contributed by atoms with Crippen LogP contribution in [0.3, 0.4) is 0 Å². The maximum Gasteiger partial charge on any atom is 0.341 e. The first kappa shape index (κ1) is 21.2. The highest BCUT2D eigenvalue weighted by Crippen LogP contribution is 2.36. The quantitative estimate of drug-likeness (QED) is 0.688.